The molecule has 2 heterocycles. The van der Waals surface area contributed by atoms with Gasteiger partial charge in [0.2, 0.25) is 5.91 Å². The Morgan fingerprint density at radius 2 is 1.67 bits per heavy atom. The van der Waals surface area contributed by atoms with Crippen LogP contribution in [0.25, 0.3) is 11.0 Å². The van der Waals surface area contributed by atoms with Gasteiger partial charge in [-0.25, -0.2) is 9.59 Å². The number of hydrogen-bond acceptors (Lipinski definition) is 4. The molecule has 0 atom stereocenters. The highest BCUT2D eigenvalue weighted by Crippen LogP contribution is 2.16. The van der Waals surface area contributed by atoms with Crippen LogP contribution in [0.1, 0.15) is 18.9 Å². The monoisotopic (exact) mass is 374 g/mol. The second-order valence-corrected chi connectivity index (χ2v) is 6.82. The minimum absolute atomic E-state index is 0.0287. The van der Waals surface area contributed by atoms with Gasteiger partial charge in [0.1, 0.15) is 0 Å². The Balaban J connectivity index is 1.68. The fourth-order valence-corrected chi connectivity index (χ4v) is 3.51. The SMILES string of the molecule is CCOC(=O)N1CCCN(C(=O)Cc2ccc3c(c2)n(C)c(=O)n3C)CC1. The molecule has 2 amide bonds. The molecule has 1 fully saturated rings. The first-order chi connectivity index (χ1) is 12.9. The van der Waals surface area contributed by atoms with Gasteiger partial charge in [-0.1, -0.05) is 6.07 Å². The first-order valence-electron chi connectivity index (χ1n) is 9.26. The lowest BCUT2D eigenvalue weighted by Crippen LogP contribution is -2.38. The first kappa shape index (κ1) is 19.0. The zero-order chi connectivity index (χ0) is 19.6. The van der Waals surface area contributed by atoms with E-state index in [4.69, 9.17) is 4.74 Å². The first-order valence-corrected chi connectivity index (χ1v) is 9.26. The van der Waals surface area contributed by atoms with Crippen LogP contribution in [0.4, 0.5) is 4.79 Å². The molecule has 8 heteroatoms. The van der Waals surface area contributed by atoms with Crippen LogP contribution in [-0.2, 0) is 30.0 Å². The van der Waals surface area contributed by atoms with E-state index in [1.165, 1.54) is 0 Å². The number of aromatic nitrogens is 2. The number of ether oxygens (including phenoxy) is 1. The van der Waals surface area contributed by atoms with Crippen LogP contribution in [0.3, 0.4) is 0 Å². The lowest BCUT2D eigenvalue weighted by Gasteiger charge is -2.21. The number of rotatable bonds is 3. The van der Waals surface area contributed by atoms with E-state index in [0.717, 1.165) is 23.0 Å². The topological polar surface area (TPSA) is 76.8 Å². The van der Waals surface area contributed by atoms with Crippen molar-refractivity contribution in [3.63, 3.8) is 0 Å². The molecular weight excluding hydrogens is 348 g/mol. The van der Waals surface area contributed by atoms with E-state index in [1.807, 2.05) is 18.2 Å². The molecule has 3 rings (SSSR count). The molecule has 0 radical (unpaired) electrons. The van der Waals surface area contributed by atoms with Gasteiger partial charge in [-0.05, 0) is 31.0 Å². The molecule has 1 aromatic carbocycles. The summed E-state index contributed by atoms with van der Waals surface area (Å²) in [5, 5.41) is 0. The molecule has 0 N–H and O–H groups in total. The molecule has 1 aliphatic rings. The summed E-state index contributed by atoms with van der Waals surface area (Å²) in [5.41, 5.74) is 2.45. The van der Waals surface area contributed by atoms with Crippen molar-refractivity contribution in [2.75, 3.05) is 32.8 Å². The molecular formula is C19H26N4O4. The van der Waals surface area contributed by atoms with Crippen molar-refractivity contribution in [2.24, 2.45) is 14.1 Å². The molecule has 2 aromatic rings. The maximum atomic E-state index is 12.7. The smallest absolute Gasteiger partial charge is 0.409 e. The Labute approximate surface area is 157 Å². The van der Waals surface area contributed by atoms with Crippen LogP contribution in [0, 0.1) is 0 Å². The van der Waals surface area contributed by atoms with E-state index in [1.54, 1.807) is 40.0 Å². The van der Waals surface area contributed by atoms with Crippen LogP contribution >= 0.6 is 0 Å². The Hall–Kier alpha value is -2.77. The van der Waals surface area contributed by atoms with E-state index >= 15 is 0 Å². The average molecular weight is 374 g/mol. The number of hydrogen-bond donors (Lipinski definition) is 0. The summed E-state index contributed by atoms with van der Waals surface area (Å²) in [5.74, 6) is 0.0287. The van der Waals surface area contributed by atoms with Crippen molar-refractivity contribution in [1.82, 2.24) is 18.9 Å². The van der Waals surface area contributed by atoms with Gasteiger partial charge in [-0.3, -0.25) is 13.9 Å². The van der Waals surface area contributed by atoms with Gasteiger partial charge < -0.3 is 14.5 Å². The third kappa shape index (κ3) is 3.84. The third-order valence-electron chi connectivity index (χ3n) is 5.07. The van der Waals surface area contributed by atoms with E-state index in [-0.39, 0.29) is 24.1 Å². The van der Waals surface area contributed by atoms with Crippen molar-refractivity contribution in [2.45, 2.75) is 19.8 Å². The summed E-state index contributed by atoms with van der Waals surface area (Å²) in [4.78, 5) is 40.1. The largest absolute Gasteiger partial charge is 0.450 e. The molecule has 0 aliphatic carbocycles. The van der Waals surface area contributed by atoms with Crippen molar-refractivity contribution in [1.29, 1.82) is 0 Å². The molecule has 0 unspecified atom stereocenters. The Morgan fingerprint density at radius 3 is 2.41 bits per heavy atom. The maximum Gasteiger partial charge on any atom is 0.409 e. The Morgan fingerprint density at radius 1 is 1.00 bits per heavy atom. The van der Waals surface area contributed by atoms with Gasteiger partial charge in [0.25, 0.3) is 0 Å². The summed E-state index contributed by atoms with van der Waals surface area (Å²) in [6.07, 6.45) is 0.692. The lowest BCUT2D eigenvalue weighted by atomic mass is 10.1. The molecule has 0 bridgehead atoms. The van der Waals surface area contributed by atoms with Crippen molar-refractivity contribution >= 4 is 23.0 Å². The van der Waals surface area contributed by atoms with Crippen LogP contribution in [0.15, 0.2) is 23.0 Å². The van der Waals surface area contributed by atoms with Gasteiger partial charge in [0.05, 0.1) is 24.1 Å². The number of aryl methyl sites for hydroxylation is 2. The number of imidazole rings is 1. The average Bonchev–Trinajstić information content (AvgIpc) is 2.85. The summed E-state index contributed by atoms with van der Waals surface area (Å²) < 4.78 is 8.23. The van der Waals surface area contributed by atoms with Crippen molar-refractivity contribution < 1.29 is 14.3 Å². The predicted molar refractivity (Wildman–Crippen MR) is 102 cm³/mol. The van der Waals surface area contributed by atoms with Crippen LogP contribution in [0.5, 0.6) is 0 Å². The van der Waals surface area contributed by atoms with Gasteiger partial charge in [-0.15, -0.1) is 0 Å². The molecule has 27 heavy (non-hydrogen) atoms. The second-order valence-electron chi connectivity index (χ2n) is 6.82. The normalized spacial score (nSPS) is 15.1. The second kappa shape index (κ2) is 7.85. The predicted octanol–water partition coefficient (Wildman–Crippen LogP) is 1.11. The maximum absolute atomic E-state index is 12.7. The van der Waals surface area contributed by atoms with Gasteiger partial charge >= 0.3 is 11.8 Å². The summed E-state index contributed by atoms with van der Waals surface area (Å²) in [6, 6.07) is 5.67. The Bertz CT molecular complexity index is 914. The van der Waals surface area contributed by atoms with Crippen LogP contribution in [0.2, 0.25) is 0 Å². The van der Waals surface area contributed by atoms with E-state index in [9.17, 15) is 14.4 Å². The highest BCUT2D eigenvalue weighted by molar-refractivity contribution is 5.82. The standard InChI is InChI=1S/C19H26N4O4/c1-4-27-19(26)23-9-5-8-22(10-11-23)17(24)13-14-6-7-15-16(12-14)21(3)18(25)20(15)2/h6-7,12H,4-5,8-11,13H2,1-3H3. The van der Waals surface area contributed by atoms with Crippen molar-refractivity contribution in [3.05, 3.63) is 34.2 Å². The quantitative estimate of drug-likeness (QED) is 0.806. The summed E-state index contributed by atoms with van der Waals surface area (Å²) in [6.45, 7) is 4.34. The minimum Gasteiger partial charge on any atom is -0.450 e. The molecule has 1 saturated heterocycles. The minimum atomic E-state index is -0.317. The van der Waals surface area contributed by atoms with Gasteiger partial charge in [0.15, 0.2) is 0 Å². The van der Waals surface area contributed by atoms with Gasteiger partial charge in [0, 0.05) is 40.3 Å². The fourth-order valence-electron chi connectivity index (χ4n) is 3.51. The number of fused-ring (bicyclic) bond motifs is 1. The summed E-state index contributed by atoms with van der Waals surface area (Å²) in [7, 11) is 3.47. The van der Waals surface area contributed by atoms with Crippen LogP contribution in [-0.4, -0.2) is 63.7 Å². The zero-order valence-electron chi connectivity index (χ0n) is 16.1. The molecule has 0 saturated carbocycles. The number of carbonyl (C=O) groups is 2. The molecule has 146 valence electrons. The molecule has 1 aromatic heterocycles. The van der Waals surface area contributed by atoms with Crippen LogP contribution < -0.4 is 5.69 Å². The van der Waals surface area contributed by atoms with E-state index in [2.05, 4.69) is 0 Å². The number of nitrogens with zero attached hydrogens (tertiary/aromatic N) is 4. The summed E-state index contributed by atoms with van der Waals surface area (Å²) >= 11 is 0. The van der Waals surface area contributed by atoms with Gasteiger partial charge in [-0.2, -0.15) is 0 Å². The highest BCUT2D eigenvalue weighted by atomic mass is 16.6. The van der Waals surface area contributed by atoms with E-state index < -0.39 is 0 Å². The van der Waals surface area contributed by atoms with Crippen molar-refractivity contribution in [3.8, 4) is 0 Å². The Kier molecular flexibility index (Phi) is 5.53. The number of carbonyl (C=O) groups excluding carboxylic acids is 2. The van der Waals surface area contributed by atoms with E-state index in [0.29, 0.717) is 32.8 Å². The molecule has 1 aliphatic heterocycles. The zero-order valence-corrected chi connectivity index (χ0v) is 16.1. The highest BCUT2D eigenvalue weighted by Gasteiger charge is 2.23. The third-order valence-corrected chi connectivity index (χ3v) is 5.07. The fraction of sp³-hybridized carbons (Fsp3) is 0.526. The lowest BCUT2D eigenvalue weighted by molar-refractivity contribution is -0.130. The number of amides is 2. The molecule has 8 nitrogen and oxygen atoms in total. The number of benzene rings is 1. The molecule has 0 spiro atoms.